The van der Waals surface area contributed by atoms with Gasteiger partial charge in [-0.05, 0) is 229 Å². The van der Waals surface area contributed by atoms with E-state index in [1.165, 1.54) is 113 Å². The minimum Gasteiger partial charge on any atom is -0.440 e. The van der Waals surface area contributed by atoms with Gasteiger partial charge in [0.25, 0.3) is 6.01 Å². The van der Waals surface area contributed by atoms with Crippen LogP contribution in [0.3, 0.4) is 0 Å². The van der Waals surface area contributed by atoms with Crippen LogP contribution in [0.2, 0.25) is 0 Å². The average Bonchev–Trinajstić information content (AvgIpc) is 4.34. The topological polar surface area (TPSA) is 235 Å². The molecule has 8 bridgehead atoms. The van der Waals surface area contributed by atoms with Crippen molar-refractivity contribution < 1.29 is 27.6 Å². The number of carbonyl (C=O) groups excluding carboxylic acids is 3. The normalized spacial score (nSPS) is 24.4. The first-order valence-corrected chi connectivity index (χ1v) is 28.2. The Morgan fingerprint density at radius 3 is 1.30 bits per heavy atom. The lowest BCUT2D eigenvalue weighted by molar-refractivity contribution is -0.123. The summed E-state index contributed by atoms with van der Waals surface area (Å²) in [6.45, 7) is 12.3. The van der Waals surface area contributed by atoms with Gasteiger partial charge in [0.05, 0.1) is 6.42 Å². The summed E-state index contributed by atoms with van der Waals surface area (Å²) in [5.41, 5.74) is 23.5. The molecule has 0 unspecified atom stereocenters. The number of anilines is 1. The van der Waals surface area contributed by atoms with Gasteiger partial charge in [-0.15, -0.1) is 0 Å². The monoisotopic (exact) mass is 1080 g/mol. The van der Waals surface area contributed by atoms with E-state index in [0.29, 0.717) is 35.9 Å². The largest absolute Gasteiger partial charge is 0.440 e. The number of carbonyl (C=O) groups is 3. The number of nitrogen functional groups attached to an aromatic ring is 1. The molecule has 0 spiro atoms. The molecule has 0 saturated heterocycles. The molecule has 4 N–H and O–H groups in total. The van der Waals surface area contributed by atoms with E-state index in [1.807, 2.05) is 58.0 Å². The second-order valence-electron chi connectivity index (χ2n) is 23.8. The molecule has 9 aromatic rings. The molecule has 17 rings (SSSR count). The lowest BCUT2D eigenvalue weighted by atomic mass is 9.51. The van der Waals surface area contributed by atoms with Crippen molar-refractivity contribution in [2.75, 3.05) is 5.73 Å². The van der Waals surface area contributed by atoms with Gasteiger partial charge in [0.15, 0.2) is 16.7 Å². The smallest absolute Gasteiger partial charge is 0.338 e. The highest BCUT2D eigenvalue weighted by Crippen LogP contribution is 2.57. The van der Waals surface area contributed by atoms with Crippen LogP contribution >= 0.6 is 0 Å². The van der Waals surface area contributed by atoms with Crippen molar-refractivity contribution in [1.82, 2.24) is 43.6 Å². The number of Topliss-reactive ketones (excluding diaryl/α,β-unsaturated/α-hetero) is 1. The molecule has 0 atom stereocenters. The molecule has 8 fully saturated rings. The molecule has 0 amide bonds. The van der Waals surface area contributed by atoms with E-state index in [4.69, 9.17) is 24.7 Å². The standard InChI is InChI=1S/C22H27NO2.C14H13N3O2.C10H17N.C9H10N2O.C7H6N4O.CH4/c1-12-3-20-21(4-13(12)2)25-22(23-20)11-18(24)10-19-16-6-14-5-15(8-16)9-17(19)7-14;1-9-5-11-12(6-10(9)2)19-13(16-11)7-14(18)17-4-3-15-8-17;11-10-8-2-6-1-7(4-8)5-9(10)3-6;1-5-3-7-8(4-6(5)2)12-9(10)11-7;12-7(10-3-1-8-5-10)11-4-2-9-6-11;/h3-4,14-17,19H,5-11H2,1-2H3;3-6,8H,7H2,1-2H3;6-10H,1-5,11H2;3-4H,1-2H3,(H2,10,11);1-6H;1H4. The zero-order chi connectivity index (χ0) is 55.1. The summed E-state index contributed by atoms with van der Waals surface area (Å²) in [4.78, 5) is 60.3. The van der Waals surface area contributed by atoms with Gasteiger partial charge in [0, 0.05) is 49.6 Å². The first-order valence-electron chi connectivity index (χ1n) is 28.2. The number of aryl methyl sites for hydroxylation is 6. The summed E-state index contributed by atoms with van der Waals surface area (Å²) in [5, 5.41) is 0. The van der Waals surface area contributed by atoms with Gasteiger partial charge in [-0.1, -0.05) is 7.43 Å². The second-order valence-corrected chi connectivity index (χ2v) is 23.8. The first-order chi connectivity index (χ1) is 38.0. The SMILES string of the molecule is C.Cc1cc2nc(CC(=O)CC3C4CC5CC(C4)CC3C5)oc2cc1C.Cc1cc2nc(CC(=O)n3ccnc3)oc2cc1C.Cc1cc2nc(N)oc2cc1C.NC1C2CC3CC(C2)CC1C3.O=C(n1ccnc1)n1ccnc1. The number of fused-ring (bicyclic) bond motifs is 3. The Morgan fingerprint density at radius 1 is 0.500 bits per heavy atom. The number of aromatic nitrogens is 9. The van der Waals surface area contributed by atoms with Gasteiger partial charge in [-0.3, -0.25) is 23.3 Å². The van der Waals surface area contributed by atoms with Crippen LogP contribution in [0.1, 0.15) is 128 Å². The average molecular weight is 1080 g/mol. The highest BCUT2D eigenvalue weighted by Gasteiger charge is 2.49. The minimum atomic E-state index is -0.190. The summed E-state index contributed by atoms with van der Waals surface area (Å²) in [6, 6.07) is 12.6. The van der Waals surface area contributed by atoms with Crippen molar-refractivity contribution >= 4 is 57.0 Å². The van der Waals surface area contributed by atoms with Crippen LogP contribution in [0.15, 0.2) is 106 Å². The van der Waals surface area contributed by atoms with Gasteiger partial charge in [0.1, 0.15) is 47.7 Å². The fourth-order valence-corrected chi connectivity index (χ4v) is 14.2. The number of rotatable bonds is 6. The molecule has 17 nitrogen and oxygen atoms in total. The van der Waals surface area contributed by atoms with E-state index >= 15 is 0 Å². The van der Waals surface area contributed by atoms with Crippen molar-refractivity contribution in [3.05, 3.63) is 138 Å². The molecule has 0 radical (unpaired) electrons. The Morgan fingerprint density at radius 2 is 0.875 bits per heavy atom. The summed E-state index contributed by atoms with van der Waals surface area (Å²) in [7, 11) is 0. The molecule has 80 heavy (non-hydrogen) atoms. The number of nitrogens with two attached hydrogens (primary N) is 2. The molecule has 8 saturated carbocycles. The van der Waals surface area contributed by atoms with Gasteiger partial charge >= 0.3 is 6.03 Å². The third-order valence-corrected chi connectivity index (χ3v) is 18.2. The van der Waals surface area contributed by atoms with Crippen LogP contribution in [-0.2, 0) is 17.6 Å². The maximum Gasteiger partial charge on any atom is 0.338 e. The number of hydrogen-bond acceptors (Lipinski definition) is 14. The Bertz CT molecular complexity index is 3380. The molecule has 6 heterocycles. The highest BCUT2D eigenvalue weighted by atomic mass is 16.4. The quantitative estimate of drug-likeness (QED) is 0.158. The molecule has 17 heteroatoms. The van der Waals surface area contributed by atoms with Crippen LogP contribution in [0.4, 0.5) is 10.8 Å². The number of oxazole rings is 3. The van der Waals surface area contributed by atoms with Crippen molar-refractivity contribution in [3.8, 4) is 0 Å². The summed E-state index contributed by atoms with van der Waals surface area (Å²) < 4.78 is 20.8. The lowest BCUT2D eigenvalue weighted by Crippen LogP contribution is -2.52. The van der Waals surface area contributed by atoms with E-state index in [2.05, 4.69) is 49.8 Å². The molecule has 420 valence electrons. The van der Waals surface area contributed by atoms with Crippen molar-refractivity contribution in [2.45, 2.75) is 138 Å². The second kappa shape index (κ2) is 23.7. The molecular weight excluding hydrogens is 1010 g/mol. The van der Waals surface area contributed by atoms with Crippen LogP contribution in [0, 0.1) is 94.8 Å². The van der Waals surface area contributed by atoms with Gasteiger partial charge in [-0.2, -0.15) is 4.98 Å². The first kappa shape index (κ1) is 55.8. The van der Waals surface area contributed by atoms with Gasteiger partial charge in [0.2, 0.25) is 17.7 Å². The van der Waals surface area contributed by atoms with E-state index < -0.39 is 0 Å². The number of benzene rings is 3. The fraction of sp³-hybridized carbons (Fsp3) is 0.476. The number of hydrogen-bond donors (Lipinski definition) is 2. The Kier molecular flexibility index (Phi) is 16.5. The van der Waals surface area contributed by atoms with Crippen LogP contribution in [-0.4, -0.2) is 67.4 Å². The van der Waals surface area contributed by atoms with Crippen LogP contribution < -0.4 is 11.5 Å². The Labute approximate surface area is 467 Å². The number of ketones is 1. The van der Waals surface area contributed by atoms with E-state index in [0.717, 1.165) is 98.2 Å². The highest BCUT2D eigenvalue weighted by molar-refractivity contribution is 5.83. The van der Waals surface area contributed by atoms with E-state index in [-0.39, 0.29) is 31.8 Å². The minimum absolute atomic E-state index is 0. The molecule has 0 aliphatic heterocycles. The maximum atomic E-state index is 12.7. The Hall–Kier alpha value is -7.53. The van der Waals surface area contributed by atoms with E-state index in [9.17, 15) is 14.4 Å². The third kappa shape index (κ3) is 12.4. The van der Waals surface area contributed by atoms with Crippen molar-refractivity contribution in [1.29, 1.82) is 0 Å². The Balaban J connectivity index is 0.000000117. The summed E-state index contributed by atoms with van der Waals surface area (Å²) in [6.07, 6.45) is 29.4. The zero-order valence-corrected chi connectivity index (χ0v) is 46.3. The summed E-state index contributed by atoms with van der Waals surface area (Å²) >= 11 is 0. The molecule has 8 aliphatic rings. The fourth-order valence-electron chi connectivity index (χ4n) is 14.2. The van der Waals surface area contributed by atoms with E-state index in [1.54, 1.807) is 43.6 Å². The molecule has 6 aromatic heterocycles. The molecular formula is C63H77N11O6. The van der Waals surface area contributed by atoms with Gasteiger partial charge in [-0.25, -0.2) is 29.7 Å². The van der Waals surface area contributed by atoms with Crippen LogP contribution in [0.5, 0.6) is 0 Å². The predicted octanol–water partition coefficient (Wildman–Crippen LogP) is 12.6. The van der Waals surface area contributed by atoms with Crippen LogP contribution in [0.25, 0.3) is 33.3 Å². The van der Waals surface area contributed by atoms with Crippen molar-refractivity contribution in [3.63, 3.8) is 0 Å². The maximum absolute atomic E-state index is 12.7. The third-order valence-electron chi connectivity index (χ3n) is 18.2. The lowest BCUT2D eigenvalue weighted by Gasteiger charge is -2.54. The van der Waals surface area contributed by atoms with Gasteiger partial charge < -0.3 is 24.7 Å². The molecule has 8 aliphatic carbocycles. The number of nitrogens with zero attached hydrogens (tertiary/aromatic N) is 9. The predicted molar refractivity (Wildman–Crippen MR) is 308 cm³/mol. The molecule has 3 aromatic carbocycles. The van der Waals surface area contributed by atoms with Crippen molar-refractivity contribution in [2.24, 2.45) is 59.0 Å². The number of imidazole rings is 3. The summed E-state index contributed by atoms with van der Waals surface area (Å²) in [5.74, 6) is 9.43. The zero-order valence-electron chi connectivity index (χ0n) is 46.3.